The maximum absolute atomic E-state index is 11.8. The van der Waals surface area contributed by atoms with Crippen molar-refractivity contribution in [3.8, 4) is 5.75 Å². The summed E-state index contributed by atoms with van der Waals surface area (Å²) in [6.45, 7) is 1.76. The van der Waals surface area contributed by atoms with Gasteiger partial charge in [-0.05, 0) is 50.3 Å². The summed E-state index contributed by atoms with van der Waals surface area (Å²) in [5.41, 5.74) is 0.463. The predicted molar refractivity (Wildman–Crippen MR) is 91.9 cm³/mol. The number of carbonyl (C=O) groups is 1. The van der Waals surface area contributed by atoms with Crippen LogP contribution in [0.5, 0.6) is 5.75 Å². The molecule has 0 bridgehead atoms. The standard InChI is InChI=1S/C16H22ClNO4S/c1-2-9-23(20,21)11-16(19)18-12-7-8-15(14(17)10-12)22-13-5-3-4-6-13/h7-8,10,13H,2-6,9,11H2,1H3,(H,18,19). The van der Waals surface area contributed by atoms with Crippen LogP contribution in [0.4, 0.5) is 5.69 Å². The van der Waals surface area contributed by atoms with Crippen molar-refractivity contribution < 1.29 is 17.9 Å². The Morgan fingerprint density at radius 1 is 1.35 bits per heavy atom. The highest BCUT2D eigenvalue weighted by atomic mass is 35.5. The van der Waals surface area contributed by atoms with Crippen molar-refractivity contribution in [3.05, 3.63) is 23.2 Å². The zero-order valence-corrected chi connectivity index (χ0v) is 14.8. The average molecular weight is 360 g/mol. The fraction of sp³-hybridized carbons (Fsp3) is 0.562. The van der Waals surface area contributed by atoms with Gasteiger partial charge >= 0.3 is 0 Å². The Balaban J connectivity index is 1.95. The third-order valence-electron chi connectivity index (χ3n) is 3.68. The molecular weight excluding hydrogens is 338 g/mol. The van der Waals surface area contributed by atoms with E-state index >= 15 is 0 Å². The minimum Gasteiger partial charge on any atom is -0.489 e. The maximum atomic E-state index is 11.8. The molecule has 5 nitrogen and oxygen atoms in total. The molecule has 1 aromatic carbocycles. The van der Waals surface area contributed by atoms with Crippen LogP contribution in [0.1, 0.15) is 39.0 Å². The second kappa shape index (κ2) is 8.02. The molecular formula is C16H22ClNO4S. The van der Waals surface area contributed by atoms with E-state index in [2.05, 4.69) is 5.32 Å². The van der Waals surface area contributed by atoms with Crippen LogP contribution in [0.2, 0.25) is 5.02 Å². The van der Waals surface area contributed by atoms with Gasteiger partial charge in [0.15, 0.2) is 9.84 Å². The molecule has 128 valence electrons. The van der Waals surface area contributed by atoms with Gasteiger partial charge < -0.3 is 10.1 Å². The van der Waals surface area contributed by atoms with Gasteiger partial charge in [-0.25, -0.2) is 8.42 Å². The molecule has 1 aromatic rings. The van der Waals surface area contributed by atoms with E-state index in [1.54, 1.807) is 25.1 Å². The predicted octanol–water partition coefficient (Wildman–Crippen LogP) is 3.42. The molecule has 0 unspecified atom stereocenters. The molecule has 23 heavy (non-hydrogen) atoms. The smallest absolute Gasteiger partial charge is 0.239 e. The maximum Gasteiger partial charge on any atom is 0.239 e. The zero-order valence-electron chi connectivity index (χ0n) is 13.2. The first-order valence-electron chi connectivity index (χ1n) is 7.86. The van der Waals surface area contributed by atoms with Gasteiger partial charge in [-0.3, -0.25) is 4.79 Å². The lowest BCUT2D eigenvalue weighted by molar-refractivity contribution is -0.113. The fourth-order valence-corrected chi connectivity index (χ4v) is 4.10. The molecule has 1 N–H and O–H groups in total. The first-order chi connectivity index (χ1) is 10.9. The third-order valence-corrected chi connectivity index (χ3v) is 5.71. The van der Waals surface area contributed by atoms with Crippen molar-refractivity contribution in [1.29, 1.82) is 0 Å². The van der Waals surface area contributed by atoms with Crippen LogP contribution in [-0.4, -0.2) is 31.9 Å². The second-order valence-electron chi connectivity index (χ2n) is 5.81. The molecule has 0 heterocycles. The number of carbonyl (C=O) groups excluding carboxylic acids is 1. The molecule has 1 amide bonds. The quantitative estimate of drug-likeness (QED) is 0.809. The highest BCUT2D eigenvalue weighted by Gasteiger charge is 2.19. The molecule has 0 radical (unpaired) electrons. The Kier molecular flexibility index (Phi) is 6.30. The number of nitrogens with one attached hydrogen (secondary N) is 1. The molecule has 1 saturated carbocycles. The van der Waals surface area contributed by atoms with E-state index in [0.29, 0.717) is 22.9 Å². The summed E-state index contributed by atoms with van der Waals surface area (Å²) < 4.78 is 29.1. The minimum absolute atomic E-state index is 0.00927. The zero-order chi connectivity index (χ0) is 16.9. The SMILES string of the molecule is CCCS(=O)(=O)CC(=O)Nc1ccc(OC2CCCC2)c(Cl)c1. The molecule has 0 saturated heterocycles. The van der Waals surface area contributed by atoms with Gasteiger partial charge in [0.1, 0.15) is 11.5 Å². The lowest BCUT2D eigenvalue weighted by atomic mass is 10.2. The number of halogens is 1. The number of anilines is 1. The first kappa shape index (κ1) is 18.1. The minimum atomic E-state index is -3.35. The molecule has 2 rings (SSSR count). The van der Waals surface area contributed by atoms with Crippen LogP contribution in [-0.2, 0) is 14.6 Å². The highest BCUT2D eigenvalue weighted by molar-refractivity contribution is 7.92. The van der Waals surface area contributed by atoms with Crippen LogP contribution in [0.15, 0.2) is 18.2 Å². The van der Waals surface area contributed by atoms with E-state index in [-0.39, 0.29) is 11.9 Å². The topological polar surface area (TPSA) is 72.5 Å². The highest BCUT2D eigenvalue weighted by Crippen LogP contribution is 2.31. The number of rotatable bonds is 7. The monoisotopic (exact) mass is 359 g/mol. The largest absolute Gasteiger partial charge is 0.489 e. The van der Waals surface area contributed by atoms with E-state index in [1.807, 2.05) is 0 Å². The van der Waals surface area contributed by atoms with Crippen LogP contribution in [0, 0.1) is 0 Å². The van der Waals surface area contributed by atoms with Crippen LogP contribution in [0.25, 0.3) is 0 Å². The normalized spacial score (nSPS) is 15.6. The van der Waals surface area contributed by atoms with Gasteiger partial charge in [0.05, 0.1) is 16.9 Å². The molecule has 0 aromatic heterocycles. The lowest BCUT2D eigenvalue weighted by Gasteiger charge is -2.15. The van der Waals surface area contributed by atoms with Gasteiger partial charge in [-0.15, -0.1) is 0 Å². The summed E-state index contributed by atoms with van der Waals surface area (Å²) in [4.78, 5) is 11.8. The first-order valence-corrected chi connectivity index (χ1v) is 10.1. The Morgan fingerprint density at radius 3 is 2.65 bits per heavy atom. The van der Waals surface area contributed by atoms with E-state index in [4.69, 9.17) is 16.3 Å². The van der Waals surface area contributed by atoms with E-state index in [9.17, 15) is 13.2 Å². The Morgan fingerprint density at radius 2 is 2.04 bits per heavy atom. The summed E-state index contributed by atoms with van der Waals surface area (Å²) >= 11 is 6.18. The lowest BCUT2D eigenvalue weighted by Crippen LogP contribution is -2.24. The number of amides is 1. The summed E-state index contributed by atoms with van der Waals surface area (Å²) in [7, 11) is -3.35. The van der Waals surface area contributed by atoms with Crippen LogP contribution < -0.4 is 10.1 Å². The van der Waals surface area contributed by atoms with Gasteiger partial charge in [-0.2, -0.15) is 0 Å². The Bertz CT molecular complexity index is 654. The molecule has 0 spiro atoms. The molecule has 1 aliphatic carbocycles. The van der Waals surface area contributed by atoms with Crippen molar-refractivity contribution in [3.63, 3.8) is 0 Å². The van der Waals surface area contributed by atoms with Gasteiger partial charge in [-0.1, -0.05) is 18.5 Å². The van der Waals surface area contributed by atoms with E-state index < -0.39 is 21.5 Å². The number of ether oxygens (including phenoxy) is 1. The summed E-state index contributed by atoms with van der Waals surface area (Å²) in [6.07, 6.45) is 5.10. The number of sulfone groups is 1. The molecule has 7 heteroatoms. The average Bonchev–Trinajstić information content (AvgIpc) is 2.94. The van der Waals surface area contributed by atoms with Gasteiger partial charge in [0, 0.05) is 5.69 Å². The molecule has 0 atom stereocenters. The summed E-state index contributed by atoms with van der Waals surface area (Å²) in [5, 5.41) is 2.97. The number of hydrogen-bond donors (Lipinski definition) is 1. The Labute approximate surface area is 142 Å². The number of hydrogen-bond acceptors (Lipinski definition) is 4. The third kappa shape index (κ3) is 5.70. The molecule has 1 fully saturated rings. The van der Waals surface area contributed by atoms with Crippen molar-refractivity contribution in [1.82, 2.24) is 0 Å². The summed E-state index contributed by atoms with van der Waals surface area (Å²) in [5.74, 6) is -0.470. The van der Waals surface area contributed by atoms with Crippen molar-refractivity contribution in [2.45, 2.75) is 45.1 Å². The van der Waals surface area contributed by atoms with E-state index in [1.165, 1.54) is 12.8 Å². The fourth-order valence-electron chi connectivity index (χ4n) is 2.64. The van der Waals surface area contributed by atoms with Gasteiger partial charge in [0.2, 0.25) is 5.91 Å². The van der Waals surface area contributed by atoms with Crippen molar-refractivity contribution >= 4 is 33.0 Å². The second-order valence-corrected chi connectivity index (χ2v) is 8.40. The molecule has 0 aliphatic heterocycles. The van der Waals surface area contributed by atoms with Crippen LogP contribution in [0.3, 0.4) is 0 Å². The van der Waals surface area contributed by atoms with Crippen molar-refractivity contribution in [2.75, 3.05) is 16.8 Å². The Hall–Kier alpha value is -1.27. The molecule has 1 aliphatic rings. The van der Waals surface area contributed by atoms with E-state index in [0.717, 1.165) is 12.8 Å². The van der Waals surface area contributed by atoms with Gasteiger partial charge in [0.25, 0.3) is 0 Å². The number of benzene rings is 1. The van der Waals surface area contributed by atoms with Crippen molar-refractivity contribution in [2.24, 2.45) is 0 Å². The van der Waals surface area contributed by atoms with Crippen LogP contribution >= 0.6 is 11.6 Å². The summed E-state index contributed by atoms with van der Waals surface area (Å²) in [6, 6.07) is 4.95.